The van der Waals surface area contributed by atoms with Crippen LogP contribution in [0.25, 0.3) is 0 Å². The highest BCUT2D eigenvalue weighted by Crippen LogP contribution is 2.20. The van der Waals surface area contributed by atoms with Crippen LogP contribution in [0.4, 0.5) is 0 Å². The number of aromatic nitrogens is 1. The Morgan fingerprint density at radius 3 is 2.78 bits per heavy atom. The predicted molar refractivity (Wildman–Crippen MR) is 86.4 cm³/mol. The number of ether oxygens (including phenoxy) is 1. The highest BCUT2D eigenvalue weighted by molar-refractivity contribution is 5.92. The van der Waals surface area contributed by atoms with Gasteiger partial charge in [-0.25, -0.2) is 4.99 Å². The fourth-order valence-electron chi connectivity index (χ4n) is 2.70. The van der Waals surface area contributed by atoms with E-state index in [1.807, 2.05) is 6.07 Å². The van der Waals surface area contributed by atoms with E-state index in [-0.39, 0.29) is 0 Å². The topological polar surface area (TPSA) is 115 Å². The van der Waals surface area contributed by atoms with Gasteiger partial charge in [-0.2, -0.15) is 0 Å². The van der Waals surface area contributed by atoms with E-state index >= 15 is 0 Å². The third-order valence-electron chi connectivity index (χ3n) is 3.92. The lowest BCUT2D eigenvalue weighted by Crippen LogP contribution is -2.59. The molecule has 0 bridgehead atoms. The average Bonchev–Trinajstić information content (AvgIpc) is 2.95. The number of morpholine rings is 1. The molecule has 0 spiro atoms. The van der Waals surface area contributed by atoms with Gasteiger partial charge < -0.3 is 25.2 Å². The Kier molecular flexibility index (Phi) is 4.27. The molecule has 8 heteroatoms. The minimum Gasteiger partial charge on any atom is -0.384 e. The summed E-state index contributed by atoms with van der Waals surface area (Å²) in [5.74, 6) is 1.21. The van der Waals surface area contributed by atoms with Gasteiger partial charge in [0.15, 0.2) is 5.79 Å². The number of nitrogens with two attached hydrogens (primary N) is 2. The van der Waals surface area contributed by atoms with Gasteiger partial charge >= 0.3 is 0 Å². The van der Waals surface area contributed by atoms with Gasteiger partial charge in [-0.15, -0.1) is 0 Å². The molecule has 1 unspecified atom stereocenters. The van der Waals surface area contributed by atoms with Crippen LogP contribution in [-0.4, -0.2) is 48.0 Å². The van der Waals surface area contributed by atoms with E-state index in [1.54, 1.807) is 6.08 Å². The van der Waals surface area contributed by atoms with Crippen molar-refractivity contribution < 1.29 is 9.26 Å². The number of nitrogens with one attached hydrogen (secondary N) is 1. The van der Waals surface area contributed by atoms with Gasteiger partial charge in [0, 0.05) is 25.2 Å². The molecule has 1 saturated heterocycles. The van der Waals surface area contributed by atoms with E-state index in [9.17, 15) is 0 Å². The van der Waals surface area contributed by atoms with Crippen LogP contribution >= 0.6 is 0 Å². The molecular formula is C15H24N6O2. The maximum Gasteiger partial charge on any atom is 0.192 e. The van der Waals surface area contributed by atoms with Gasteiger partial charge in [-0.1, -0.05) is 19.0 Å². The van der Waals surface area contributed by atoms with Gasteiger partial charge in [0.05, 0.1) is 25.3 Å². The SMILES string of the molecule is CC(C)c1cc(CC2(N)N=C(N)C=C(N3CCOCC3)N2)on1. The number of rotatable bonds is 4. The molecule has 1 fully saturated rings. The molecular weight excluding hydrogens is 296 g/mol. The zero-order chi connectivity index (χ0) is 16.4. The minimum atomic E-state index is -1.04. The molecule has 0 aliphatic carbocycles. The second-order valence-electron chi connectivity index (χ2n) is 6.26. The number of aliphatic imine (C=N–C) groups is 1. The Morgan fingerprint density at radius 1 is 1.39 bits per heavy atom. The summed E-state index contributed by atoms with van der Waals surface area (Å²) in [7, 11) is 0. The van der Waals surface area contributed by atoms with Crippen LogP contribution < -0.4 is 16.8 Å². The Hall–Kier alpha value is -2.06. The summed E-state index contributed by atoms with van der Waals surface area (Å²) in [6, 6.07) is 1.92. The molecule has 0 radical (unpaired) electrons. The summed E-state index contributed by atoms with van der Waals surface area (Å²) in [4.78, 5) is 6.51. The number of amidine groups is 1. The van der Waals surface area contributed by atoms with E-state index in [1.165, 1.54) is 0 Å². The zero-order valence-corrected chi connectivity index (χ0v) is 13.6. The highest BCUT2D eigenvalue weighted by atomic mass is 16.5. The van der Waals surface area contributed by atoms with E-state index in [4.69, 9.17) is 20.7 Å². The normalized spacial score (nSPS) is 25.1. The fraction of sp³-hybridized carbons (Fsp3) is 0.600. The molecule has 2 aliphatic rings. The van der Waals surface area contributed by atoms with E-state index < -0.39 is 5.79 Å². The molecule has 23 heavy (non-hydrogen) atoms. The summed E-state index contributed by atoms with van der Waals surface area (Å²) in [5.41, 5.74) is 13.3. The first-order valence-corrected chi connectivity index (χ1v) is 7.87. The number of nitrogens with zero attached hydrogens (tertiary/aromatic N) is 3. The molecule has 0 aromatic carbocycles. The summed E-state index contributed by atoms with van der Waals surface area (Å²) >= 11 is 0. The van der Waals surface area contributed by atoms with E-state index in [0.717, 1.165) is 24.6 Å². The van der Waals surface area contributed by atoms with Crippen molar-refractivity contribution in [1.29, 1.82) is 0 Å². The molecule has 5 N–H and O–H groups in total. The van der Waals surface area contributed by atoms with Crippen LogP contribution in [-0.2, 0) is 11.2 Å². The standard InChI is InChI=1S/C15H24N6O2/c1-10(2)12-7-11(23-20-12)9-15(17)18-13(16)8-14(19-15)21-3-5-22-6-4-21/h7-8,10,19H,3-6,9,17H2,1-2H3,(H2,16,18). The molecule has 0 saturated carbocycles. The van der Waals surface area contributed by atoms with Crippen molar-refractivity contribution in [3.05, 3.63) is 29.4 Å². The Morgan fingerprint density at radius 2 is 2.13 bits per heavy atom. The largest absolute Gasteiger partial charge is 0.384 e. The molecule has 1 aromatic heterocycles. The van der Waals surface area contributed by atoms with Crippen molar-refractivity contribution in [2.45, 2.75) is 32.0 Å². The van der Waals surface area contributed by atoms with E-state index in [0.29, 0.717) is 37.1 Å². The highest BCUT2D eigenvalue weighted by Gasteiger charge is 2.32. The molecule has 0 amide bonds. The smallest absolute Gasteiger partial charge is 0.192 e. The van der Waals surface area contributed by atoms with Crippen LogP contribution in [0, 0.1) is 0 Å². The third-order valence-corrected chi connectivity index (χ3v) is 3.92. The van der Waals surface area contributed by atoms with Gasteiger partial charge in [-0.05, 0) is 5.92 Å². The summed E-state index contributed by atoms with van der Waals surface area (Å²) in [5, 5.41) is 7.33. The average molecular weight is 320 g/mol. The minimum absolute atomic E-state index is 0.304. The maximum atomic E-state index is 6.40. The quantitative estimate of drug-likeness (QED) is 0.720. The molecule has 1 atom stereocenters. The first kappa shape index (κ1) is 15.8. The lowest BCUT2D eigenvalue weighted by molar-refractivity contribution is 0.0471. The first-order chi connectivity index (χ1) is 11.0. The van der Waals surface area contributed by atoms with Gasteiger partial charge in [0.2, 0.25) is 0 Å². The zero-order valence-electron chi connectivity index (χ0n) is 13.6. The number of hydrogen-bond acceptors (Lipinski definition) is 8. The molecule has 8 nitrogen and oxygen atoms in total. The third kappa shape index (κ3) is 3.65. The van der Waals surface area contributed by atoms with Crippen molar-refractivity contribution in [3.63, 3.8) is 0 Å². The van der Waals surface area contributed by atoms with Crippen molar-refractivity contribution in [2.75, 3.05) is 26.3 Å². The van der Waals surface area contributed by atoms with Crippen LogP contribution in [0.1, 0.15) is 31.2 Å². The Bertz CT molecular complexity index is 617. The Balaban J connectivity index is 1.74. The lowest BCUT2D eigenvalue weighted by atomic mass is 10.1. The van der Waals surface area contributed by atoms with Crippen LogP contribution in [0.15, 0.2) is 27.5 Å². The lowest BCUT2D eigenvalue weighted by Gasteiger charge is -2.38. The van der Waals surface area contributed by atoms with Crippen LogP contribution in [0.3, 0.4) is 0 Å². The second-order valence-corrected chi connectivity index (χ2v) is 6.26. The van der Waals surface area contributed by atoms with Gasteiger partial charge in [0.1, 0.15) is 17.4 Å². The monoisotopic (exact) mass is 320 g/mol. The van der Waals surface area contributed by atoms with Crippen molar-refractivity contribution in [2.24, 2.45) is 16.5 Å². The van der Waals surface area contributed by atoms with Crippen LogP contribution in [0.2, 0.25) is 0 Å². The van der Waals surface area contributed by atoms with Crippen molar-refractivity contribution in [1.82, 2.24) is 15.4 Å². The van der Waals surface area contributed by atoms with E-state index in [2.05, 4.69) is 34.2 Å². The van der Waals surface area contributed by atoms with Crippen molar-refractivity contribution in [3.8, 4) is 0 Å². The Labute approximate surface area is 135 Å². The summed E-state index contributed by atoms with van der Waals surface area (Å²) in [6.07, 6.45) is 2.17. The molecule has 1 aromatic rings. The fourth-order valence-corrected chi connectivity index (χ4v) is 2.70. The number of hydrogen-bond donors (Lipinski definition) is 3. The first-order valence-electron chi connectivity index (χ1n) is 7.87. The summed E-state index contributed by atoms with van der Waals surface area (Å²) in [6.45, 7) is 7.09. The second kappa shape index (κ2) is 6.21. The molecule has 3 rings (SSSR count). The predicted octanol–water partition coefficient (Wildman–Crippen LogP) is 0.0870. The van der Waals surface area contributed by atoms with Crippen LogP contribution in [0.5, 0.6) is 0 Å². The maximum absolute atomic E-state index is 6.40. The van der Waals surface area contributed by atoms with Gasteiger partial charge in [-0.3, -0.25) is 5.73 Å². The van der Waals surface area contributed by atoms with Gasteiger partial charge in [0.25, 0.3) is 0 Å². The van der Waals surface area contributed by atoms with Crippen molar-refractivity contribution >= 4 is 5.84 Å². The molecule has 3 heterocycles. The summed E-state index contributed by atoms with van der Waals surface area (Å²) < 4.78 is 10.8. The molecule has 126 valence electrons. The molecule has 2 aliphatic heterocycles.